The molecule has 2 heterocycles. The van der Waals surface area contributed by atoms with Crippen molar-refractivity contribution in [1.29, 1.82) is 0 Å². The van der Waals surface area contributed by atoms with Gasteiger partial charge in [0.05, 0.1) is 28.1 Å². The van der Waals surface area contributed by atoms with Gasteiger partial charge in [0.1, 0.15) is 11.5 Å². The molecule has 1 aromatic heterocycles. The quantitative estimate of drug-likeness (QED) is 0.407. The van der Waals surface area contributed by atoms with Crippen LogP contribution >= 0.6 is 23.2 Å². The number of furan rings is 1. The number of carbonyl (C=O) groups is 2. The lowest BCUT2D eigenvalue weighted by Gasteiger charge is -2.37. The third-order valence-electron chi connectivity index (χ3n) is 6.78. The Morgan fingerprint density at radius 3 is 2.38 bits per heavy atom. The number of hydrogen-bond donors (Lipinski definition) is 0. The van der Waals surface area contributed by atoms with Crippen LogP contribution in [0.1, 0.15) is 12.2 Å². The first-order chi connectivity index (χ1) is 14.0. The van der Waals surface area contributed by atoms with Crippen molar-refractivity contribution in [3.8, 4) is 11.3 Å². The molecule has 0 N–H and O–H groups in total. The summed E-state index contributed by atoms with van der Waals surface area (Å²) in [6, 6.07) is 8.77. The number of hydrazone groups is 1. The molecule has 0 radical (unpaired) electrons. The highest BCUT2D eigenvalue weighted by atomic mass is 35.5. The highest BCUT2D eigenvalue weighted by Crippen LogP contribution is 2.65. The van der Waals surface area contributed by atoms with E-state index in [0.29, 0.717) is 39.0 Å². The zero-order valence-corrected chi connectivity index (χ0v) is 16.7. The predicted octanol–water partition coefficient (Wildman–Crippen LogP) is 4.64. The van der Waals surface area contributed by atoms with E-state index in [9.17, 15) is 9.59 Å². The molecule has 0 spiro atoms. The minimum Gasteiger partial charge on any atom is -0.455 e. The minimum atomic E-state index is -0.254. The molecule has 2 amide bonds. The number of amides is 2. The van der Waals surface area contributed by atoms with Gasteiger partial charge in [0.15, 0.2) is 0 Å². The number of carbonyl (C=O) groups excluding carboxylic acids is 2. The summed E-state index contributed by atoms with van der Waals surface area (Å²) in [5.41, 5.74) is 0.667. The third kappa shape index (κ3) is 2.44. The molecule has 4 aliphatic carbocycles. The van der Waals surface area contributed by atoms with E-state index in [2.05, 4.69) is 17.3 Å². The van der Waals surface area contributed by atoms with Gasteiger partial charge in [-0.15, -0.1) is 0 Å². The molecule has 2 bridgehead atoms. The Labute approximate surface area is 177 Å². The van der Waals surface area contributed by atoms with Gasteiger partial charge in [-0.3, -0.25) is 9.59 Å². The van der Waals surface area contributed by atoms with Crippen LogP contribution in [0.15, 0.2) is 52.0 Å². The third-order valence-corrected chi connectivity index (χ3v) is 7.60. The van der Waals surface area contributed by atoms with Crippen LogP contribution in [0.3, 0.4) is 0 Å². The second-order valence-corrected chi connectivity index (χ2v) is 8.98. The monoisotopic (exact) mass is 426 g/mol. The van der Waals surface area contributed by atoms with Gasteiger partial charge in [-0.05, 0) is 54.4 Å². The van der Waals surface area contributed by atoms with Crippen LogP contribution in [0.4, 0.5) is 0 Å². The van der Waals surface area contributed by atoms with E-state index in [-0.39, 0.29) is 35.5 Å². The molecule has 29 heavy (non-hydrogen) atoms. The molecule has 2 saturated carbocycles. The fourth-order valence-electron chi connectivity index (χ4n) is 5.43. The van der Waals surface area contributed by atoms with Crippen molar-refractivity contribution in [2.45, 2.75) is 6.42 Å². The molecule has 7 heteroatoms. The second kappa shape index (κ2) is 6.07. The van der Waals surface area contributed by atoms with Crippen molar-refractivity contribution >= 4 is 41.2 Å². The van der Waals surface area contributed by atoms with E-state index >= 15 is 0 Å². The number of hydrogen-bond acceptors (Lipinski definition) is 4. The molecule has 6 atom stereocenters. The van der Waals surface area contributed by atoms with Gasteiger partial charge in [-0.2, -0.15) is 10.1 Å². The number of imide groups is 1. The summed E-state index contributed by atoms with van der Waals surface area (Å²) >= 11 is 12.3. The minimum absolute atomic E-state index is 0.187. The number of benzene rings is 1. The standard InChI is InChI=1S/C22H16Cl2N2O3/c23-16-3-1-2-13(20(16)24)17-7-4-10(29-17)9-25-26-21(27)18-11-5-6-12(15-8-14(11)15)19(18)22(26)28/h1-7,9,11-12,14-15,18-19H,8H2/b25-9-/t11-,12-,14-,15-,18+,19+/m1/s1. The lowest BCUT2D eigenvalue weighted by molar-refractivity contribution is -0.140. The molecule has 1 aromatic carbocycles. The Kier molecular flexibility index (Phi) is 3.66. The molecule has 5 nitrogen and oxygen atoms in total. The lowest BCUT2D eigenvalue weighted by atomic mass is 9.63. The van der Waals surface area contributed by atoms with E-state index in [0.717, 1.165) is 11.4 Å². The van der Waals surface area contributed by atoms with Gasteiger partial charge in [0.2, 0.25) is 0 Å². The first-order valence-electron chi connectivity index (χ1n) is 9.69. The van der Waals surface area contributed by atoms with E-state index in [1.807, 2.05) is 0 Å². The number of nitrogens with zero attached hydrogens (tertiary/aromatic N) is 2. The summed E-state index contributed by atoms with van der Waals surface area (Å²) in [6.07, 6.45) is 6.84. The molecule has 1 saturated heterocycles. The first-order valence-corrected chi connectivity index (χ1v) is 10.4. The summed E-state index contributed by atoms with van der Waals surface area (Å²) in [5.74, 6) is 1.59. The smallest absolute Gasteiger partial charge is 0.254 e. The Bertz CT molecular complexity index is 1090. The molecular weight excluding hydrogens is 411 g/mol. The van der Waals surface area contributed by atoms with Gasteiger partial charge in [-0.25, -0.2) is 0 Å². The average Bonchev–Trinajstić information content (AvgIpc) is 3.36. The van der Waals surface area contributed by atoms with Crippen molar-refractivity contribution in [2.24, 2.45) is 40.6 Å². The van der Waals surface area contributed by atoms with Gasteiger partial charge in [0.25, 0.3) is 11.8 Å². The summed E-state index contributed by atoms with van der Waals surface area (Å²) in [5, 5.41) is 6.08. The van der Waals surface area contributed by atoms with Crippen molar-refractivity contribution in [3.05, 3.63) is 58.3 Å². The van der Waals surface area contributed by atoms with E-state index < -0.39 is 0 Å². The SMILES string of the molecule is O=C1[C@H]2[C@@H]3C=C[C@H]([C@H]4C[C@H]34)[C@@H]2C(=O)N1/N=C\c1ccc(-c2cccc(Cl)c2Cl)o1. The van der Waals surface area contributed by atoms with E-state index in [1.54, 1.807) is 30.3 Å². The fraction of sp³-hybridized carbons (Fsp3) is 0.318. The Balaban J connectivity index is 1.26. The summed E-state index contributed by atoms with van der Waals surface area (Å²) in [6.45, 7) is 0. The van der Waals surface area contributed by atoms with E-state index in [1.165, 1.54) is 6.21 Å². The molecule has 1 aliphatic heterocycles. The average molecular weight is 427 g/mol. The van der Waals surface area contributed by atoms with Crippen LogP contribution in [0, 0.1) is 35.5 Å². The molecule has 146 valence electrons. The summed E-state index contributed by atoms with van der Waals surface area (Å²) in [4.78, 5) is 25.9. The maximum absolute atomic E-state index is 12.9. The second-order valence-electron chi connectivity index (χ2n) is 8.19. The molecular formula is C22H16Cl2N2O3. The Hall–Kier alpha value is -2.37. The Morgan fingerprint density at radius 1 is 1.00 bits per heavy atom. The molecule has 3 fully saturated rings. The van der Waals surface area contributed by atoms with Gasteiger partial charge < -0.3 is 4.42 Å². The van der Waals surface area contributed by atoms with Gasteiger partial charge in [0, 0.05) is 5.56 Å². The molecule has 0 unspecified atom stereocenters. The lowest BCUT2D eigenvalue weighted by Crippen LogP contribution is -2.40. The molecule has 5 aliphatic rings. The van der Waals surface area contributed by atoms with Crippen molar-refractivity contribution in [3.63, 3.8) is 0 Å². The Morgan fingerprint density at radius 2 is 1.69 bits per heavy atom. The topological polar surface area (TPSA) is 62.9 Å². The summed E-state index contributed by atoms with van der Waals surface area (Å²) < 4.78 is 5.78. The highest BCUT2D eigenvalue weighted by molar-refractivity contribution is 6.43. The predicted molar refractivity (Wildman–Crippen MR) is 108 cm³/mol. The van der Waals surface area contributed by atoms with Crippen LogP contribution in [-0.4, -0.2) is 23.0 Å². The largest absolute Gasteiger partial charge is 0.455 e. The normalized spacial score (nSPS) is 34.2. The van der Waals surface area contributed by atoms with Crippen LogP contribution < -0.4 is 0 Å². The van der Waals surface area contributed by atoms with E-state index in [4.69, 9.17) is 27.6 Å². The van der Waals surface area contributed by atoms with Crippen LogP contribution in [0.2, 0.25) is 10.0 Å². The highest BCUT2D eigenvalue weighted by Gasteiger charge is 2.67. The van der Waals surface area contributed by atoms with Crippen molar-refractivity contribution < 1.29 is 14.0 Å². The van der Waals surface area contributed by atoms with Crippen LogP contribution in [0.25, 0.3) is 11.3 Å². The first kappa shape index (κ1) is 17.5. The number of rotatable bonds is 3. The molecule has 7 rings (SSSR count). The number of allylic oxidation sites excluding steroid dienone is 2. The maximum Gasteiger partial charge on any atom is 0.254 e. The zero-order chi connectivity index (χ0) is 19.9. The van der Waals surface area contributed by atoms with Crippen molar-refractivity contribution in [2.75, 3.05) is 0 Å². The zero-order valence-electron chi connectivity index (χ0n) is 15.2. The van der Waals surface area contributed by atoms with Gasteiger partial charge in [-0.1, -0.05) is 41.4 Å². The van der Waals surface area contributed by atoms with Gasteiger partial charge >= 0.3 is 0 Å². The molecule has 2 aromatic rings. The van der Waals surface area contributed by atoms with Crippen molar-refractivity contribution in [1.82, 2.24) is 5.01 Å². The summed E-state index contributed by atoms with van der Waals surface area (Å²) in [7, 11) is 0. The number of halogens is 2. The maximum atomic E-state index is 12.9. The van der Waals surface area contributed by atoms with Crippen LogP contribution in [-0.2, 0) is 9.59 Å². The van der Waals surface area contributed by atoms with Crippen LogP contribution in [0.5, 0.6) is 0 Å². The fourth-order valence-corrected chi connectivity index (χ4v) is 5.82.